The van der Waals surface area contributed by atoms with E-state index in [1.807, 2.05) is 0 Å². The summed E-state index contributed by atoms with van der Waals surface area (Å²) in [6.07, 6.45) is 3.42. The van der Waals surface area contributed by atoms with E-state index in [9.17, 15) is 0 Å². The van der Waals surface area contributed by atoms with E-state index in [0.717, 1.165) is 6.54 Å². The van der Waals surface area contributed by atoms with Gasteiger partial charge in [0.25, 0.3) is 0 Å². The Morgan fingerprint density at radius 2 is 2.67 bits per heavy atom. The fourth-order valence-corrected chi connectivity index (χ4v) is 0.630. The SMILES string of the molecule is CC1=CCCN1. The molecule has 0 aromatic carbocycles. The van der Waals surface area contributed by atoms with Crippen molar-refractivity contribution in [2.75, 3.05) is 6.54 Å². The molecule has 0 bridgehead atoms. The molecule has 6 heavy (non-hydrogen) atoms. The Hall–Kier alpha value is -0.460. The first-order chi connectivity index (χ1) is 2.89. The van der Waals surface area contributed by atoms with Gasteiger partial charge in [-0.05, 0) is 13.3 Å². The van der Waals surface area contributed by atoms with Crippen LogP contribution in [0.2, 0.25) is 0 Å². The Labute approximate surface area is 38.1 Å². The van der Waals surface area contributed by atoms with Crippen molar-refractivity contribution in [2.24, 2.45) is 0 Å². The van der Waals surface area contributed by atoms with Crippen molar-refractivity contribution in [3.05, 3.63) is 11.8 Å². The van der Waals surface area contributed by atoms with Crippen molar-refractivity contribution >= 4 is 0 Å². The number of rotatable bonds is 0. The molecule has 1 aliphatic heterocycles. The van der Waals surface area contributed by atoms with Crippen molar-refractivity contribution in [3.8, 4) is 0 Å². The average molecular weight is 83.1 g/mol. The fraction of sp³-hybridized carbons (Fsp3) is 0.600. The monoisotopic (exact) mass is 83.1 g/mol. The lowest BCUT2D eigenvalue weighted by atomic mass is 10.4. The van der Waals surface area contributed by atoms with Crippen molar-refractivity contribution in [2.45, 2.75) is 13.3 Å². The van der Waals surface area contributed by atoms with E-state index in [1.54, 1.807) is 0 Å². The largest absolute Gasteiger partial charge is 0.389 e. The maximum absolute atomic E-state index is 3.18. The third-order valence-electron chi connectivity index (χ3n) is 0.999. The summed E-state index contributed by atoms with van der Waals surface area (Å²) in [5, 5.41) is 3.18. The molecule has 0 spiro atoms. The molecule has 0 saturated carbocycles. The first-order valence-corrected chi connectivity index (χ1v) is 2.30. The van der Waals surface area contributed by atoms with Crippen LogP contribution in [0.15, 0.2) is 11.8 Å². The maximum atomic E-state index is 3.18. The van der Waals surface area contributed by atoms with Gasteiger partial charge in [-0.15, -0.1) is 0 Å². The summed E-state index contributed by atoms with van der Waals surface area (Å²) in [6, 6.07) is 0. The minimum Gasteiger partial charge on any atom is -0.389 e. The summed E-state index contributed by atoms with van der Waals surface area (Å²) in [5.41, 5.74) is 1.33. The fourth-order valence-electron chi connectivity index (χ4n) is 0.630. The summed E-state index contributed by atoms with van der Waals surface area (Å²) < 4.78 is 0. The molecule has 0 amide bonds. The second-order valence-electron chi connectivity index (χ2n) is 1.60. The third-order valence-corrected chi connectivity index (χ3v) is 0.999. The summed E-state index contributed by atoms with van der Waals surface area (Å²) in [7, 11) is 0. The van der Waals surface area contributed by atoms with Gasteiger partial charge in [-0.1, -0.05) is 6.08 Å². The normalized spacial score (nSPS) is 19.8. The molecule has 0 aliphatic carbocycles. The molecular weight excluding hydrogens is 74.1 g/mol. The van der Waals surface area contributed by atoms with Crippen LogP contribution in [-0.4, -0.2) is 6.54 Å². The highest BCUT2D eigenvalue weighted by molar-refractivity contribution is 5.01. The lowest BCUT2D eigenvalue weighted by Gasteiger charge is -1.88. The Balaban J connectivity index is 2.45. The molecule has 1 nitrogen and oxygen atoms in total. The molecule has 0 atom stereocenters. The summed E-state index contributed by atoms with van der Waals surface area (Å²) in [4.78, 5) is 0. The summed E-state index contributed by atoms with van der Waals surface area (Å²) in [5.74, 6) is 0. The lowest BCUT2D eigenvalue weighted by molar-refractivity contribution is 0.876. The van der Waals surface area contributed by atoms with Crippen molar-refractivity contribution < 1.29 is 0 Å². The van der Waals surface area contributed by atoms with E-state index in [2.05, 4.69) is 18.3 Å². The molecule has 34 valence electrons. The van der Waals surface area contributed by atoms with E-state index in [4.69, 9.17) is 0 Å². The lowest BCUT2D eigenvalue weighted by Crippen LogP contribution is -2.03. The molecule has 1 heterocycles. The third kappa shape index (κ3) is 0.534. The van der Waals surface area contributed by atoms with Gasteiger partial charge in [-0.25, -0.2) is 0 Å². The quantitative estimate of drug-likeness (QED) is 0.458. The van der Waals surface area contributed by atoms with E-state index in [-0.39, 0.29) is 0 Å². The molecule has 1 N–H and O–H groups in total. The number of hydrogen-bond donors (Lipinski definition) is 1. The maximum Gasteiger partial charge on any atom is 0.0179 e. The van der Waals surface area contributed by atoms with Crippen LogP contribution in [0, 0.1) is 0 Å². The van der Waals surface area contributed by atoms with E-state index >= 15 is 0 Å². The summed E-state index contributed by atoms with van der Waals surface area (Å²) in [6.45, 7) is 3.23. The van der Waals surface area contributed by atoms with Crippen LogP contribution in [0.25, 0.3) is 0 Å². The standard InChI is InChI=1S/C5H9N/c1-5-3-2-4-6-5/h3,6H,2,4H2,1H3. The molecule has 1 aliphatic rings. The van der Waals surface area contributed by atoms with Gasteiger partial charge in [-0.2, -0.15) is 0 Å². The van der Waals surface area contributed by atoms with Crippen molar-refractivity contribution in [3.63, 3.8) is 0 Å². The van der Waals surface area contributed by atoms with Gasteiger partial charge >= 0.3 is 0 Å². The highest BCUT2D eigenvalue weighted by Crippen LogP contribution is 1.96. The van der Waals surface area contributed by atoms with Crippen LogP contribution in [0.4, 0.5) is 0 Å². The predicted molar refractivity (Wildman–Crippen MR) is 26.4 cm³/mol. The molecule has 1 rings (SSSR count). The minimum absolute atomic E-state index is 1.14. The van der Waals surface area contributed by atoms with Crippen LogP contribution < -0.4 is 5.32 Å². The topological polar surface area (TPSA) is 12.0 Å². The molecule has 0 radical (unpaired) electrons. The smallest absolute Gasteiger partial charge is 0.0179 e. The van der Waals surface area contributed by atoms with Gasteiger partial charge in [0.05, 0.1) is 0 Å². The molecule has 0 fully saturated rings. The first-order valence-electron chi connectivity index (χ1n) is 2.30. The second-order valence-corrected chi connectivity index (χ2v) is 1.60. The first kappa shape index (κ1) is 3.72. The zero-order chi connectivity index (χ0) is 4.41. The second kappa shape index (κ2) is 1.33. The van der Waals surface area contributed by atoms with E-state index < -0.39 is 0 Å². The van der Waals surface area contributed by atoms with Crippen LogP contribution in [0.1, 0.15) is 13.3 Å². The molecule has 0 aromatic heterocycles. The van der Waals surface area contributed by atoms with Gasteiger partial charge in [0.1, 0.15) is 0 Å². The number of nitrogens with one attached hydrogen (secondary N) is 1. The molecule has 0 unspecified atom stereocenters. The Bertz CT molecular complexity index is 74.0. The molecule has 1 heteroatoms. The summed E-state index contributed by atoms with van der Waals surface area (Å²) >= 11 is 0. The van der Waals surface area contributed by atoms with E-state index in [0.29, 0.717) is 0 Å². The molecule has 0 aromatic rings. The van der Waals surface area contributed by atoms with E-state index in [1.165, 1.54) is 12.1 Å². The van der Waals surface area contributed by atoms with Crippen molar-refractivity contribution in [1.29, 1.82) is 0 Å². The zero-order valence-electron chi connectivity index (χ0n) is 3.99. The molecule has 0 saturated heterocycles. The van der Waals surface area contributed by atoms with Crippen LogP contribution >= 0.6 is 0 Å². The van der Waals surface area contributed by atoms with Crippen LogP contribution in [0.3, 0.4) is 0 Å². The van der Waals surface area contributed by atoms with Crippen molar-refractivity contribution in [1.82, 2.24) is 5.32 Å². The van der Waals surface area contributed by atoms with Gasteiger partial charge in [0.15, 0.2) is 0 Å². The highest BCUT2D eigenvalue weighted by atomic mass is 14.9. The Morgan fingerprint density at radius 3 is 2.83 bits per heavy atom. The predicted octanol–water partition coefficient (Wildman–Crippen LogP) is 0.883. The number of allylic oxidation sites excluding steroid dienone is 1. The van der Waals surface area contributed by atoms with Gasteiger partial charge < -0.3 is 5.32 Å². The van der Waals surface area contributed by atoms with Gasteiger partial charge in [0, 0.05) is 12.2 Å². The minimum atomic E-state index is 1.14. The zero-order valence-corrected chi connectivity index (χ0v) is 3.99. The van der Waals surface area contributed by atoms with Gasteiger partial charge in [0.2, 0.25) is 0 Å². The van der Waals surface area contributed by atoms with Crippen LogP contribution in [-0.2, 0) is 0 Å². The molecular formula is C5H9N. The van der Waals surface area contributed by atoms with Crippen LogP contribution in [0.5, 0.6) is 0 Å². The average Bonchev–Trinajstić information content (AvgIpc) is 1.86. The highest BCUT2D eigenvalue weighted by Gasteiger charge is 1.92. The van der Waals surface area contributed by atoms with Gasteiger partial charge in [-0.3, -0.25) is 0 Å². The number of hydrogen-bond acceptors (Lipinski definition) is 1. The Kier molecular flexibility index (Phi) is 0.825. The Morgan fingerprint density at radius 1 is 1.83 bits per heavy atom.